The lowest BCUT2D eigenvalue weighted by atomic mass is 10.2. The van der Waals surface area contributed by atoms with Crippen molar-refractivity contribution in [2.45, 2.75) is 20.4 Å². The Morgan fingerprint density at radius 1 is 1.04 bits per heavy atom. The minimum atomic E-state index is -4.42. The first kappa shape index (κ1) is 21.4. The molecule has 0 radical (unpaired) electrons. The maximum atomic E-state index is 9.45. The third kappa shape index (κ3) is 6.38. The topological polar surface area (TPSA) is 121 Å². The molecule has 0 aliphatic heterocycles. The molecule has 1 heterocycles. The van der Waals surface area contributed by atoms with E-state index in [-0.39, 0.29) is 6.61 Å². The van der Waals surface area contributed by atoms with Crippen LogP contribution in [0.4, 0.5) is 17.1 Å². The fraction of sp³-hybridized carbons (Fsp3) is 0.211. The number of para-hydroxylation sites is 1. The Kier molecular flexibility index (Phi) is 7.56. The predicted molar refractivity (Wildman–Crippen MR) is 106 cm³/mol. The molecular formula is C19H22N4O4S. The second-order valence-electron chi connectivity index (χ2n) is 5.61. The van der Waals surface area contributed by atoms with E-state index in [1.807, 2.05) is 48.7 Å². The first-order valence-electron chi connectivity index (χ1n) is 8.62. The van der Waals surface area contributed by atoms with Crippen molar-refractivity contribution in [1.29, 1.82) is 0 Å². The SMILES string of the molecule is CCOS(=O)(=O)[O-].CC[n+]1ccc(N=Nc2ccc(N)cc2)c2ccccc21. The van der Waals surface area contributed by atoms with Crippen LogP contribution in [0.15, 0.2) is 71.0 Å². The van der Waals surface area contributed by atoms with Gasteiger partial charge in [-0.3, -0.25) is 4.18 Å². The molecule has 0 atom stereocenters. The van der Waals surface area contributed by atoms with Crippen molar-refractivity contribution in [3.63, 3.8) is 0 Å². The van der Waals surface area contributed by atoms with Crippen LogP contribution in [0.2, 0.25) is 0 Å². The standard InChI is InChI=1S/C17H16N4.C2H6O4S/c1-2-21-12-11-16(15-5-3-4-6-17(15)21)20-19-14-9-7-13(18)8-10-14;1-2-6-7(3,4)5/h3-12,18H,2H2,1H3;2H2,1H3,(H,3,4,5). The monoisotopic (exact) mass is 402 g/mol. The average Bonchev–Trinajstić information content (AvgIpc) is 2.67. The minimum absolute atomic E-state index is 0.0914. The highest BCUT2D eigenvalue weighted by atomic mass is 32.3. The number of aryl methyl sites for hydroxylation is 1. The molecule has 3 rings (SSSR count). The van der Waals surface area contributed by atoms with Crippen LogP contribution >= 0.6 is 0 Å². The first-order chi connectivity index (χ1) is 13.3. The van der Waals surface area contributed by atoms with Crippen LogP contribution in [0.5, 0.6) is 0 Å². The van der Waals surface area contributed by atoms with Crippen LogP contribution < -0.4 is 10.3 Å². The summed E-state index contributed by atoms with van der Waals surface area (Å²) in [6.07, 6.45) is 2.04. The van der Waals surface area contributed by atoms with Crippen molar-refractivity contribution >= 4 is 38.4 Å². The van der Waals surface area contributed by atoms with E-state index in [9.17, 15) is 13.0 Å². The van der Waals surface area contributed by atoms with E-state index in [1.54, 1.807) is 0 Å². The summed E-state index contributed by atoms with van der Waals surface area (Å²) in [5.74, 6) is 0. The maximum Gasteiger partial charge on any atom is 0.217 e. The van der Waals surface area contributed by atoms with Gasteiger partial charge in [0.1, 0.15) is 12.2 Å². The predicted octanol–water partition coefficient (Wildman–Crippen LogP) is 3.63. The number of anilines is 1. The third-order valence-corrected chi connectivity index (χ3v) is 4.20. The Labute approximate surface area is 164 Å². The van der Waals surface area contributed by atoms with E-state index < -0.39 is 10.4 Å². The summed E-state index contributed by atoms with van der Waals surface area (Å²) in [4.78, 5) is 0. The molecule has 0 fully saturated rings. The number of rotatable bonds is 5. The molecule has 2 aromatic carbocycles. The molecule has 0 aliphatic rings. The van der Waals surface area contributed by atoms with Gasteiger partial charge in [0.05, 0.1) is 17.7 Å². The number of pyridine rings is 1. The Morgan fingerprint density at radius 2 is 1.71 bits per heavy atom. The van der Waals surface area contributed by atoms with E-state index in [0.29, 0.717) is 0 Å². The Hall–Kier alpha value is -2.88. The van der Waals surface area contributed by atoms with Crippen molar-refractivity contribution < 1.29 is 21.7 Å². The highest BCUT2D eigenvalue weighted by Crippen LogP contribution is 2.25. The van der Waals surface area contributed by atoms with Crippen molar-refractivity contribution in [2.75, 3.05) is 12.3 Å². The number of hydrogen-bond donors (Lipinski definition) is 1. The Balaban J connectivity index is 0.000000345. The molecule has 148 valence electrons. The van der Waals surface area contributed by atoms with Gasteiger partial charge >= 0.3 is 0 Å². The fourth-order valence-electron chi connectivity index (χ4n) is 2.43. The van der Waals surface area contributed by atoms with Crippen LogP contribution in [-0.2, 0) is 21.1 Å². The summed E-state index contributed by atoms with van der Waals surface area (Å²) in [5.41, 5.74) is 9.21. The van der Waals surface area contributed by atoms with Gasteiger partial charge in [-0.1, -0.05) is 12.1 Å². The van der Waals surface area contributed by atoms with Crippen molar-refractivity contribution in [2.24, 2.45) is 10.2 Å². The van der Waals surface area contributed by atoms with Crippen LogP contribution in [0, 0.1) is 0 Å². The summed E-state index contributed by atoms with van der Waals surface area (Å²) in [7, 11) is -4.42. The largest absolute Gasteiger partial charge is 0.726 e. The van der Waals surface area contributed by atoms with Gasteiger partial charge in [0.15, 0.2) is 6.20 Å². The number of fused-ring (bicyclic) bond motifs is 1. The fourth-order valence-corrected chi connectivity index (χ4v) is 2.72. The summed E-state index contributed by atoms with van der Waals surface area (Å²) in [6, 6.07) is 17.6. The first-order valence-corrected chi connectivity index (χ1v) is 9.96. The van der Waals surface area contributed by atoms with E-state index in [2.05, 4.69) is 38.0 Å². The van der Waals surface area contributed by atoms with Gasteiger partial charge in [0.25, 0.3) is 0 Å². The summed E-state index contributed by atoms with van der Waals surface area (Å²) >= 11 is 0. The lowest BCUT2D eigenvalue weighted by Crippen LogP contribution is -2.32. The maximum absolute atomic E-state index is 9.45. The summed E-state index contributed by atoms with van der Waals surface area (Å²) < 4.78 is 34.2. The number of nitrogens with two attached hydrogens (primary N) is 1. The molecule has 9 heteroatoms. The number of benzene rings is 2. The van der Waals surface area contributed by atoms with E-state index in [4.69, 9.17) is 5.73 Å². The van der Waals surface area contributed by atoms with Gasteiger partial charge in [-0.2, -0.15) is 9.68 Å². The van der Waals surface area contributed by atoms with Crippen LogP contribution in [0.3, 0.4) is 0 Å². The number of nitrogen functional groups attached to an aromatic ring is 1. The third-order valence-electron chi connectivity index (χ3n) is 3.67. The molecule has 0 saturated heterocycles. The summed E-state index contributed by atoms with van der Waals surface area (Å²) in [6.45, 7) is 4.39. The molecule has 0 unspecified atom stereocenters. The van der Waals surface area contributed by atoms with Crippen LogP contribution in [0.25, 0.3) is 10.9 Å². The van der Waals surface area contributed by atoms with Crippen molar-refractivity contribution in [1.82, 2.24) is 0 Å². The minimum Gasteiger partial charge on any atom is -0.726 e. The molecule has 0 spiro atoms. The van der Waals surface area contributed by atoms with Gasteiger partial charge in [-0.15, -0.1) is 5.11 Å². The Morgan fingerprint density at radius 3 is 2.29 bits per heavy atom. The van der Waals surface area contributed by atoms with Crippen LogP contribution in [0.1, 0.15) is 13.8 Å². The number of aromatic nitrogens is 1. The zero-order chi connectivity index (χ0) is 20.6. The molecular weight excluding hydrogens is 380 g/mol. The molecule has 0 saturated carbocycles. The second kappa shape index (κ2) is 9.88. The van der Waals surface area contributed by atoms with E-state index in [0.717, 1.165) is 34.5 Å². The number of nitrogens with zero attached hydrogens (tertiary/aromatic N) is 3. The average molecular weight is 402 g/mol. The van der Waals surface area contributed by atoms with E-state index in [1.165, 1.54) is 6.92 Å². The van der Waals surface area contributed by atoms with Crippen LogP contribution in [-0.4, -0.2) is 19.6 Å². The molecule has 28 heavy (non-hydrogen) atoms. The van der Waals surface area contributed by atoms with Gasteiger partial charge in [0, 0.05) is 17.8 Å². The highest BCUT2D eigenvalue weighted by molar-refractivity contribution is 7.80. The normalized spacial score (nSPS) is 11.4. The lowest BCUT2D eigenvalue weighted by Gasteiger charge is -2.02. The molecule has 0 aliphatic carbocycles. The summed E-state index contributed by atoms with van der Waals surface area (Å²) in [5, 5.41) is 9.76. The van der Waals surface area contributed by atoms with Gasteiger partial charge < -0.3 is 10.3 Å². The van der Waals surface area contributed by atoms with Gasteiger partial charge in [0.2, 0.25) is 15.9 Å². The smallest absolute Gasteiger partial charge is 0.217 e. The zero-order valence-corrected chi connectivity index (χ0v) is 16.5. The molecule has 2 N–H and O–H groups in total. The quantitative estimate of drug-likeness (QED) is 0.230. The Bertz CT molecular complexity index is 1050. The van der Waals surface area contributed by atoms with E-state index >= 15 is 0 Å². The molecule has 0 amide bonds. The van der Waals surface area contributed by atoms with Gasteiger partial charge in [-0.05, 0) is 44.2 Å². The number of hydrogen-bond acceptors (Lipinski definition) is 7. The zero-order valence-electron chi connectivity index (χ0n) is 15.6. The molecule has 0 bridgehead atoms. The number of azo groups is 1. The molecule has 1 aromatic heterocycles. The van der Waals surface area contributed by atoms with Crippen molar-refractivity contribution in [3.8, 4) is 0 Å². The molecule has 3 aromatic rings. The second-order valence-corrected chi connectivity index (χ2v) is 6.66. The van der Waals surface area contributed by atoms with Crippen molar-refractivity contribution in [3.05, 3.63) is 60.8 Å². The lowest BCUT2D eigenvalue weighted by molar-refractivity contribution is -0.667. The van der Waals surface area contributed by atoms with Gasteiger partial charge in [-0.25, -0.2) is 8.42 Å². The highest BCUT2D eigenvalue weighted by Gasteiger charge is 2.09. The molecule has 8 nitrogen and oxygen atoms in total.